The molecule has 0 bridgehead atoms. The van der Waals surface area contributed by atoms with Crippen LogP contribution in [0.15, 0.2) is 0 Å². The van der Waals surface area contributed by atoms with Crippen molar-refractivity contribution in [3.8, 4) is 0 Å². The van der Waals surface area contributed by atoms with Crippen LogP contribution in [-0.4, -0.2) is 24.4 Å². The van der Waals surface area contributed by atoms with Crippen molar-refractivity contribution in [1.29, 1.82) is 0 Å². The van der Waals surface area contributed by atoms with E-state index >= 15 is 0 Å². The summed E-state index contributed by atoms with van der Waals surface area (Å²) in [5.41, 5.74) is 0. The van der Waals surface area contributed by atoms with Crippen molar-refractivity contribution in [1.82, 2.24) is 0 Å². The summed E-state index contributed by atoms with van der Waals surface area (Å²) < 4.78 is 19.6. The zero-order valence-corrected chi connectivity index (χ0v) is 21.6. The smallest absolute Gasteiger partial charge is 0.780 e. The van der Waals surface area contributed by atoms with Gasteiger partial charge in [-0.25, -0.2) is 0 Å². The maximum absolute atomic E-state index is 11.2. The molecular formula is C12H28O6P2S2Zn. The fourth-order valence-electron chi connectivity index (χ4n) is 1.08. The third-order valence-corrected chi connectivity index (χ3v) is 5.11. The minimum absolute atomic E-state index is 0. The summed E-state index contributed by atoms with van der Waals surface area (Å²) in [6.45, 7) is 7.69. The van der Waals surface area contributed by atoms with Gasteiger partial charge in [0.15, 0.2) is 0 Å². The second-order valence-electron chi connectivity index (χ2n) is 5.51. The van der Waals surface area contributed by atoms with Crippen LogP contribution < -0.4 is 9.79 Å². The van der Waals surface area contributed by atoms with E-state index in [1.807, 2.05) is 0 Å². The van der Waals surface area contributed by atoms with Crippen LogP contribution in [0.5, 0.6) is 0 Å². The fraction of sp³-hybridized carbons (Fsp3) is 1.00. The van der Waals surface area contributed by atoms with Crippen LogP contribution in [0.25, 0.3) is 0 Å². The van der Waals surface area contributed by atoms with Crippen molar-refractivity contribution in [3.63, 3.8) is 0 Å². The molecule has 136 valence electrons. The molecule has 0 rings (SSSR count). The van der Waals surface area contributed by atoms with Crippen molar-refractivity contribution in [3.05, 3.63) is 0 Å². The first kappa shape index (κ1) is 29.4. The predicted octanol–water partition coefficient (Wildman–Crippen LogP) is 2.84. The van der Waals surface area contributed by atoms with Crippen LogP contribution in [0.2, 0.25) is 0 Å². The molecule has 0 amide bonds. The molecule has 0 aromatic rings. The van der Waals surface area contributed by atoms with Crippen molar-refractivity contribution in [2.75, 3.05) is 0 Å². The molecule has 0 unspecified atom stereocenters. The first-order valence-corrected chi connectivity index (χ1v) is 12.1. The van der Waals surface area contributed by atoms with Gasteiger partial charge in [-0.15, -0.1) is 0 Å². The maximum atomic E-state index is 11.2. The topological polar surface area (TPSA) is 83.0 Å². The van der Waals surface area contributed by atoms with E-state index in [1.165, 1.54) is 0 Å². The molecule has 0 aliphatic heterocycles. The SMILES string of the molecule is CC(C)OP([O-])(=S)OC(C)C.CC(C)OP([O-])(=S)OC(C)C.[Zn+2]. The summed E-state index contributed by atoms with van der Waals surface area (Å²) in [6.07, 6.45) is -0.622. The maximum Gasteiger partial charge on any atom is 2.00 e. The second kappa shape index (κ2) is 13.8. The Bertz CT molecular complexity index is 330. The van der Waals surface area contributed by atoms with E-state index in [9.17, 15) is 9.79 Å². The molecule has 0 aliphatic rings. The van der Waals surface area contributed by atoms with Crippen LogP contribution in [0, 0.1) is 0 Å². The third-order valence-electron chi connectivity index (χ3n) is 1.36. The van der Waals surface area contributed by atoms with Gasteiger partial charge in [-0.1, -0.05) is 23.6 Å². The van der Waals surface area contributed by atoms with Crippen molar-refractivity contribution in [2.24, 2.45) is 0 Å². The third kappa shape index (κ3) is 23.7. The van der Waals surface area contributed by atoms with E-state index in [1.54, 1.807) is 55.4 Å². The monoisotopic (exact) mass is 458 g/mol. The van der Waals surface area contributed by atoms with Crippen LogP contribution in [0.4, 0.5) is 0 Å². The molecular weight excluding hydrogens is 432 g/mol. The molecule has 23 heavy (non-hydrogen) atoms. The zero-order valence-electron chi connectivity index (χ0n) is 15.2. The first-order valence-electron chi connectivity index (χ1n) is 7.02. The molecule has 0 spiro atoms. The standard InChI is InChI=1S/2C6H15O3PS.Zn/c2*1-5(2)8-10(7,11)9-6(3)4;/h2*5-6H,1-4H3,(H,7,11);/q;;+2/p-2. The molecule has 0 saturated heterocycles. The Kier molecular flexibility index (Phi) is 17.7. The van der Waals surface area contributed by atoms with Gasteiger partial charge in [0.05, 0.1) is 24.4 Å². The Morgan fingerprint density at radius 3 is 0.783 bits per heavy atom. The molecule has 0 aromatic carbocycles. The largest absolute Gasteiger partial charge is 2.00 e. The molecule has 11 heteroatoms. The molecule has 0 aromatic heterocycles. The average Bonchev–Trinajstić information content (AvgIpc) is 2.06. The summed E-state index contributed by atoms with van der Waals surface area (Å²) in [4.78, 5) is 22.4. The molecule has 0 heterocycles. The quantitative estimate of drug-likeness (QED) is 0.405. The minimum atomic E-state index is -3.22. The van der Waals surface area contributed by atoms with Crippen molar-refractivity contribution >= 4 is 37.1 Å². The van der Waals surface area contributed by atoms with Gasteiger partial charge in [-0.3, -0.25) is 0 Å². The van der Waals surface area contributed by atoms with Gasteiger partial charge in [0.1, 0.15) is 13.4 Å². The normalized spacial score (nSPS) is 12.4. The Balaban J connectivity index is -0.000000333. The summed E-state index contributed by atoms with van der Waals surface area (Å²) in [6, 6.07) is 0. The van der Waals surface area contributed by atoms with Gasteiger partial charge in [-0.05, 0) is 55.4 Å². The van der Waals surface area contributed by atoms with Crippen LogP contribution in [0.1, 0.15) is 55.4 Å². The zero-order chi connectivity index (χ0) is 18.1. The molecule has 0 radical (unpaired) electrons. The van der Waals surface area contributed by atoms with Gasteiger partial charge >= 0.3 is 19.5 Å². The Labute approximate surface area is 163 Å². The summed E-state index contributed by atoms with van der Waals surface area (Å²) >= 11 is 9.21. The van der Waals surface area contributed by atoms with E-state index in [2.05, 4.69) is 23.6 Å². The minimum Gasteiger partial charge on any atom is -0.780 e. The van der Waals surface area contributed by atoms with Gasteiger partial charge < -0.3 is 27.9 Å². The molecule has 6 nitrogen and oxygen atoms in total. The van der Waals surface area contributed by atoms with E-state index in [-0.39, 0.29) is 43.9 Å². The molecule has 0 fully saturated rings. The van der Waals surface area contributed by atoms with Crippen molar-refractivity contribution < 1.29 is 47.4 Å². The molecule has 0 saturated carbocycles. The van der Waals surface area contributed by atoms with E-state index in [0.717, 1.165) is 0 Å². The first-order chi connectivity index (χ1) is 9.67. The van der Waals surface area contributed by atoms with Crippen LogP contribution >= 0.6 is 13.4 Å². The number of rotatable bonds is 8. The molecule has 0 aliphatic carbocycles. The van der Waals surface area contributed by atoms with Gasteiger partial charge in [0.25, 0.3) is 0 Å². The van der Waals surface area contributed by atoms with E-state index < -0.39 is 13.4 Å². The van der Waals surface area contributed by atoms with Crippen LogP contribution in [-0.2, 0) is 61.2 Å². The van der Waals surface area contributed by atoms with Gasteiger partial charge in [0, 0.05) is 0 Å². The van der Waals surface area contributed by atoms with Gasteiger partial charge in [0.2, 0.25) is 0 Å². The van der Waals surface area contributed by atoms with E-state index in [0.29, 0.717) is 0 Å². The summed E-state index contributed by atoms with van der Waals surface area (Å²) in [5.74, 6) is 0. The van der Waals surface area contributed by atoms with E-state index in [4.69, 9.17) is 18.1 Å². The Morgan fingerprint density at radius 2 is 0.696 bits per heavy atom. The Hall–Kier alpha value is 1.68. The van der Waals surface area contributed by atoms with Gasteiger partial charge in [-0.2, -0.15) is 0 Å². The number of hydrogen-bond acceptors (Lipinski definition) is 8. The predicted molar refractivity (Wildman–Crippen MR) is 93.5 cm³/mol. The summed E-state index contributed by atoms with van der Waals surface area (Å²) in [5, 5.41) is 0. The fourth-order valence-corrected chi connectivity index (χ4v) is 5.31. The number of hydrogen-bond donors (Lipinski definition) is 0. The summed E-state index contributed by atoms with van der Waals surface area (Å²) in [7, 11) is 0. The van der Waals surface area contributed by atoms with Crippen LogP contribution in [0.3, 0.4) is 0 Å². The average molecular weight is 460 g/mol. The van der Waals surface area contributed by atoms with Crippen molar-refractivity contribution in [2.45, 2.75) is 79.8 Å². The molecule has 0 atom stereocenters. The Morgan fingerprint density at radius 1 is 0.565 bits per heavy atom. The second-order valence-corrected chi connectivity index (χ2v) is 10.8. The molecule has 0 N–H and O–H groups in total.